The van der Waals surface area contributed by atoms with Gasteiger partial charge in [0.1, 0.15) is 29.3 Å². The molecule has 2 aliphatic carbocycles. The zero-order chi connectivity index (χ0) is 38.1. The summed E-state index contributed by atoms with van der Waals surface area (Å²) in [5.41, 5.74) is -3.00. The van der Waals surface area contributed by atoms with Crippen molar-refractivity contribution >= 4 is 51.6 Å². The van der Waals surface area contributed by atoms with E-state index in [4.69, 9.17) is 14.2 Å². The topological polar surface area (TPSA) is 216 Å². The molecule has 3 fully saturated rings. The standard InChI is InChI=1S/C34H47N5O11S/c1-9-20-17-34(20,29(43)38-51(46,47)23-13-14-23)37-26(40)24-16-22(49-30(44)35-21-12-10-11-19(15-21)28(42)48-8)18-39(24)27(41)25(32(2,3)4)36-31(45)50-33(5,6)7/h9-12,15,20,22-25H,1,13-14,16-18H2,2-8H3,(H,35,44)(H,36,45)(H,37,40)(H,38,43)/t20?,22-,24+,25-,34?/m1/s1. The van der Waals surface area contributed by atoms with Crippen molar-refractivity contribution in [3.8, 4) is 0 Å². The van der Waals surface area contributed by atoms with Crippen molar-refractivity contribution in [1.29, 1.82) is 0 Å². The average molecular weight is 734 g/mol. The van der Waals surface area contributed by atoms with Crippen LogP contribution in [0, 0.1) is 11.3 Å². The molecule has 3 aliphatic rings. The van der Waals surface area contributed by atoms with Crippen molar-refractivity contribution in [2.24, 2.45) is 11.3 Å². The number of amides is 5. The number of likely N-dealkylation sites (tertiary alicyclic amines) is 1. The highest BCUT2D eigenvalue weighted by Gasteiger charge is 2.62. The number of hydrogen-bond donors (Lipinski definition) is 4. The number of alkyl carbamates (subject to hydrolysis) is 1. The minimum Gasteiger partial charge on any atom is -0.465 e. The monoisotopic (exact) mass is 733 g/mol. The summed E-state index contributed by atoms with van der Waals surface area (Å²) in [7, 11) is -2.72. The van der Waals surface area contributed by atoms with Crippen molar-refractivity contribution in [2.75, 3.05) is 19.0 Å². The molecule has 1 aromatic carbocycles. The predicted octanol–water partition coefficient (Wildman–Crippen LogP) is 2.60. The predicted molar refractivity (Wildman–Crippen MR) is 184 cm³/mol. The van der Waals surface area contributed by atoms with Crippen LogP contribution in [0.4, 0.5) is 15.3 Å². The molecule has 1 heterocycles. The van der Waals surface area contributed by atoms with Gasteiger partial charge in [-0.3, -0.25) is 24.4 Å². The Bertz CT molecular complexity index is 1700. The summed E-state index contributed by atoms with van der Waals surface area (Å²) in [4.78, 5) is 80.6. The van der Waals surface area contributed by atoms with Crippen molar-refractivity contribution in [2.45, 2.75) is 102 Å². The van der Waals surface area contributed by atoms with Gasteiger partial charge < -0.3 is 29.7 Å². The maximum absolute atomic E-state index is 14.3. The number of esters is 1. The van der Waals surface area contributed by atoms with E-state index in [-0.39, 0.29) is 30.6 Å². The Balaban J connectivity index is 1.59. The zero-order valence-electron chi connectivity index (χ0n) is 29.9. The van der Waals surface area contributed by atoms with Crippen LogP contribution in [0.3, 0.4) is 0 Å². The third-order valence-corrected chi connectivity index (χ3v) is 10.5. The molecular formula is C34H47N5O11S. The molecule has 1 aromatic rings. The Morgan fingerprint density at radius 2 is 1.71 bits per heavy atom. The van der Waals surface area contributed by atoms with Gasteiger partial charge in [0.05, 0.1) is 24.5 Å². The molecule has 51 heavy (non-hydrogen) atoms. The Hall–Kier alpha value is -4.67. The molecule has 2 saturated carbocycles. The lowest BCUT2D eigenvalue weighted by atomic mass is 9.85. The number of nitrogens with zero attached hydrogens (tertiary/aromatic N) is 1. The number of hydrogen-bond acceptors (Lipinski definition) is 11. The molecule has 0 aromatic heterocycles. The minimum absolute atomic E-state index is 0.0761. The van der Waals surface area contributed by atoms with E-state index >= 15 is 0 Å². The third kappa shape index (κ3) is 9.56. The fourth-order valence-corrected chi connectivity index (χ4v) is 7.14. The first kappa shape index (κ1) is 39.1. The van der Waals surface area contributed by atoms with Gasteiger partial charge in [-0.25, -0.2) is 22.8 Å². The molecule has 0 spiro atoms. The maximum Gasteiger partial charge on any atom is 0.411 e. The minimum atomic E-state index is -3.94. The van der Waals surface area contributed by atoms with Crippen LogP contribution in [-0.2, 0) is 38.6 Å². The van der Waals surface area contributed by atoms with Gasteiger partial charge in [0.2, 0.25) is 21.8 Å². The van der Waals surface area contributed by atoms with E-state index in [1.54, 1.807) is 41.5 Å². The SMILES string of the molecule is C=CC1CC1(NC(=O)[C@@H]1C[C@@H](OC(=O)Nc2cccc(C(=O)OC)c2)CN1C(=O)[C@@H](NC(=O)OC(C)(C)C)C(C)(C)C)C(=O)NS(=O)(=O)C1CC1. The number of methoxy groups -OCH3 is 1. The summed E-state index contributed by atoms with van der Waals surface area (Å²) in [6, 6.07) is 3.40. The van der Waals surface area contributed by atoms with Gasteiger partial charge in [-0.15, -0.1) is 6.58 Å². The van der Waals surface area contributed by atoms with Crippen LogP contribution in [0.25, 0.3) is 0 Å². The summed E-state index contributed by atoms with van der Waals surface area (Å²) in [5.74, 6) is -3.60. The quantitative estimate of drug-likeness (QED) is 0.147. The average Bonchev–Trinajstić information content (AvgIpc) is 3.94. The number of nitrogens with one attached hydrogen (secondary N) is 4. The van der Waals surface area contributed by atoms with Gasteiger partial charge in [0.25, 0.3) is 5.91 Å². The second-order valence-corrected chi connectivity index (χ2v) is 17.1. The van der Waals surface area contributed by atoms with Crippen LogP contribution in [0.5, 0.6) is 0 Å². The molecule has 1 saturated heterocycles. The summed E-state index contributed by atoms with van der Waals surface area (Å²) in [6.45, 7) is 13.6. The van der Waals surface area contributed by atoms with E-state index in [0.717, 1.165) is 4.90 Å². The largest absolute Gasteiger partial charge is 0.465 e. The van der Waals surface area contributed by atoms with E-state index in [9.17, 15) is 37.2 Å². The van der Waals surface area contributed by atoms with Crippen LogP contribution in [0.2, 0.25) is 0 Å². The third-order valence-electron chi connectivity index (χ3n) is 8.68. The lowest BCUT2D eigenvalue weighted by molar-refractivity contribution is -0.143. The van der Waals surface area contributed by atoms with E-state index in [1.807, 2.05) is 0 Å². The molecule has 4 rings (SSSR count). The van der Waals surface area contributed by atoms with Gasteiger partial charge in [-0.05, 0) is 63.6 Å². The van der Waals surface area contributed by atoms with E-state index in [0.29, 0.717) is 12.8 Å². The summed E-state index contributed by atoms with van der Waals surface area (Å²) < 4.78 is 43.0. The van der Waals surface area contributed by atoms with Crippen molar-refractivity contribution in [3.63, 3.8) is 0 Å². The van der Waals surface area contributed by atoms with Gasteiger partial charge in [0, 0.05) is 18.0 Å². The first-order chi connectivity index (χ1) is 23.6. The normalized spacial score (nSPS) is 23.6. The molecule has 5 amide bonds. The van der Waals surface area contributed by atoms with Gasteiger partial charge in [-0.2, -0.15) is 0 Å². The molecular weight excluding hydrogens is 686 g/mol. The van der Waals surface area contributed by atoms with E-state index in [1.165, 1.54) is 37.5 Å². The fraction of sp³-hybridized carbons (Fsp3) is 0.588. The smallest absolute Gasteiger partial charge is 0.411 e. The number of sulfonamides is 1. The number of carbonyl (C=O) groups is 6. The molecule has 17 heteroatoms. The Kier molecular flexibility index (Phi) is 11.1. The van der Waals surface area contributed by atoms with Gasteiger partial charge >= 0.3 is 18.2 Å². The summed E-state index contributed by atoms with van der Waals surface area (Å²) in [6.07, 6.45) is -0.688. The second kappa shape index (κ2) is 14.5. The highest BCUT2D eigenvalue weighted by molar-refractivity contribution is 7.91. The zero-order valence-corrected chi connectivity index (χ0v) is 30.7. The maximum atomic E-state index is 14.3. The number of ether oxygens (including phenoxy) is 3. The van der Waals surface area contributed by atoms with Crippen LogP contribution >= 0.6 is 0 Å². The van der Waals surface area contributed by atoms with Crippen molar-refractivity contribution in [3.05, 3.63) is 42.5 Å². The molecule has 5 atom stereocenters. The number of anilines is 1. The summed E-state index contributed by atoms with van der Waals surface area (Å²) >= 11 is 0. The first-order valence-corrected chi connectivity index (χ1v) is 18.1. The number of rotatable bonds is 11. The van der Waals surface area contributed by atoms with Crippen molar-refractivity contribution in [1.82, 2.24) is 20.3 Å². The second-order valence-electron chi connectivity index (χ2n) is 15.1. The van der Waals surface area contributed by atoms with Crippen LogP contribution in [0.15, 0.2) is 36.9 Å². The molecule has 16 nitrogen and oxygen atoms in total. The lowest BCUT2D eigenvalue weighted by Gasteiger charge is -2.36. The van der Waals surface area contributed by atoms with E-state index < -0.39 is 91.8 Å². The Morgan fingerprint density at radius 3 is 2.25 bits per heavy atom. The van der Waals surface area contributed by atoms with Gasteiger partial charge in [-0.1, -0.05) is 32.9 Å². The fourth-order valence-electron chi connectivity index (χ4n) is 5.77. The molecule has 280 valence electrons. The lowest BCUT2D eigenvalue weighted by Crippen LogP contribution is -2.60. The van der Waals surface area contributed by atoms with Crippen LogP contribution in [0.1, 0.15) is 77.6 Å². The molecule has 0 radical (unpaired) electrons. The van der Waals surface area contributed by atoms with E-state index in [2.05, 4.69) is 27.3 Å². The number of carbonyl (C=O) groups excluding carboxylic acids is 6. The highest BCUT2D eigenvalue weighted by atomic mass is 32.2. The van der Waals surface area contributed by atoms with Crippen LogP contribution < -0.4 is 20.7 Å². The Morgan fingerprint density at radius 1 is 1.04 bits per heavy atom. The molecule has 0 bridgehead atoms. The van der Waals surface area contributed by atoms with Crippen LogP contribution in [-0.4, -0.2) is 97.4 Å². The molecule has 1 aliphatic heterocycles. The summed E-state index contributed by atoms with van der Waals surface area (Å²) in [5, 5.41) is 7.11. The molecule has 4 N–H and O–H groups in total. The van der Waals surface area contributed by atoms with Gasteiger partial charge in [0.15, 0.2) is 0 Å². The highest BCUT2D eigenvalue weighted by Crippen LogP contribution is 2.45. The van der Waals surface area contributed by atoms with Crippen molar-refractivity contribution < 1.29 is 51.4 Å². The Labute approximate surface area is 297 Å². The first-order valence-electron chi connectivity index (χ1n) is 16.6. The molecule has 2 unspecified atom stereocenters. The number of benzene rings is 1.